The standard InChI is InChI=1S/C24H34FN3O3S/c1-7-13-32(30,31)26-21-11-12-22(27(5)6)19(15-21)17-28(23(29)24(2,3)4)16-18-9-8-10-20(25)14-18/h8-12,14-15,26H,7,13,16-17H2,1-6H3. The highest BCUT2D eigenvalue weighted by atomic mass is 32.2. The highest BCUT2D eigenvalue weighted by Gasteiger charge is 2.28. The topological polar surface area (TPSA) is 69.7 Å². The number of amides is 1. The van der Waals surface area contributed by atoms with E-state index in [0.717, 1.165) is 11.3 Å². The summed E-state index contributed by atoms with van der Waals surface area (Å²) in [5.74, 6) is -0.401. The molecule has 0 spiro atoms. The van der Waals surface area contributed by atoms with Crippen LogP contribution in [0.3, 0.4) is 0 Å². The van der Waals surface area contributed by atoms with E-state index in [9.17, 15) is 17.6 Å². The Hall–Kier alpha value is -2.61. The fraction of sp³-hybridized carbons (Fsp3) is 0.458. The van der Waals surface area contributed by atoms with Gasteiger partial charge in [-0.25, -0.2) is 12.8 Å². The van der Waals surface area contributed by atoms with Crippen molar-refractivity contribution in [1.82, 2.24) is 4.90 Å². The second-order valence-electron chi connectivity index (χ2n) is 9.20. The number of nitrogens with one attached hydrogen (secondary N) is 1. The van der Waals surface area contributed by atoms with Crippen LogP contribution in [0, 0.1) is 11.2 Å². The molecule has 8 heteroatoms. The van der Waals surface area contributed by atoms with E-state index in [1.165, 1.54) is 12.1 Å². The summed E-state index contributed by atoms with van der Waals surface area (Å²) in [5, 5.41) is 0. The summed E-state index contributed by atoms with van der Waals surface area (Å²) in [4.78, 5) is 16.8. The summed E-state index contributed by atoms with van der Waals surface area (Å²) in [6.45, 7) is 7.83. The molecule has 2 aromatic rings. The highest BCUT2D eigenvalue weighted by molar-refractivity contribution is 7.92. The molecule has 2 aromatic carbocycles. The van der Waals surface area contributed by atoms with Gasteiger partial charge >= 0.3 is 0 Å². The minimum absolute atomic E-state index is 0.0337. The van der Waals surface area contributed by atoms with Gasteiger partial charge in [-0.05, 0) is 47.9 Å². The van der Waals surface area contributed by atoms with Crippen molar-refractivity contribution in [3.05, 3.63) is 59.4 Å². The van der Waals surface area contributed by atoms with Crippen molar-refractivity contribution in [2.75, 3.05) is 29.5 Å². The van der Waals surface area contributed by atoms with Crippen LogP contribution in [0.2, 0.25) is 0 Å². The van der Waals surface area contributed by atoms with Gasteiger partial charge in [0.05, 0.1) is 5.75 Å². The zero-order valence-corrected chi connectivity index (χ0v) is 20.6. The van der Waals surface area contributed by atoms with Gasteiger partial charge in [0, 0.05) is 44.0 Å². The molecule has 0 aromatic heterocycles. The lowest BCUT2D eigenvalue weighted by atomic mass is 9.94. The van der Waals surface area contributed by atoms with E-state index < -0.39 is 15.4 Å². The van der Waals surface area contributed by atoms with E-state index in [1.54, 1.807) is 29.2 Å². The largest absolute Gasteiger partial charge is 0.377 e. The monoisotopic (exact) mass is 463 g/mol. The first-order chi connectivity index (χ1) is 14.8. The molecule has 0 unspecified atom stereocenters. The van der Waals surface area contributed by atoms with Crippen molar-refractivity contribution in [1.29, 1.82) is 0 Å². The van der Waals surface area contributed by atoms with Crippen molar-refractivity contribution in [2.45, 2.75) is 47.2 Å². The normalized spacial score (nSPS) is 11.8. The molecule has 1 N–H and O–H groups in total. The average Bonchev–Trinajstić information content (AvgIpc) is 2.65. The Morgan fingerprint density at radius 3 is 2.31 bits per heavy atom. The minimum atomic E-state index is -3.44. The van der Waals surface area contributed by atoms with Crippen LogP contribution in [0.25, 0.3) is 0 Å². The second kappa shape index (κ2) is 10.3. The second-order valence-corrected chi connectivity index (χ2v) is 11.0. The number of carbonyl (C=O) groups excluding carboxylic acids is 1. The Morgan fingerprint density at radius 2 is 1.75 bits per heavy atom. The Morgan fingerprint density at radius 1 is 1.06 bits per heavy atom. The van der Waals surface area contributed by atoms with E-state index >= 15 is 0 Å². The first-order valence-corrected chi connectivity index (χ1v) is 12.3. The number of hydrogen-bond donors (Lipinski definition) is 1. The predicted octanol–water partition coefficient (Wildman–Crippen LogP) is 4.62. The van der Waals surface area contributed by atoms with E-state index in [1.807, 2.05) is 52.8 Å². The molecule has 0 heterocycles. The SMILES string of the molecule is CCCS(=O)(=O)Nc1ccc(N(C)C)c(CN(Cc2cccc(F)c2)C(=O)C(C)(C)C)c1. The fourth-order valence-electron chi connectivity index (χ4n) is 3.45. The average molecular weight is 464 g/mol. The summed E-state index contributed by atoms with van der Waals surface area (Å²) in [7, 11) is 0.341. The maximum absolute atomic E-state index is 13.7. The Bertz CT molecular complexity index is 1050. The summed E-state index contributed by atoms with van der Waals surface area (Å²) in [6.07, 6.45) is 0.513. The number of sulfonamides is 1. The molecule has 0 aliphatic carbocycles. The quantitative estimate of drug-likeness (QED) is 0.589. The van der Waals surface area contributed by atoms with Crippen molar-refractivity contribution < 1.29 is 17.6 Å². The van der Waals surface area contributed by atoms with E-state index in [4.69, 9.17) is 0 Å². The van der Waals surface area contributed by atoms with Crippen LogP contribution in [0.1, 0.15) is 45.2 Å². The molecule has 0 fully saturated rings. The van der Waals surface area contributed by atoms with Crippen LogP contribution < -0.4 is 9.62 Å². The van der Waals surface area contributed by atoms with Gasteiger partial charge in [-0.2, -0.15) is 0 Å². The van der Waals surface area contributed by atoms with Crippen molar-refractivity contribution in [2.24, 2.45) is 5.41 Å². The number of hydrogen-bond acceptors (Lipinski definition) is 4. The molecule has 0 aliphatic heterocycles. The number of carbonyl (C=O) groups is 1. The van der Waals surface area contributed by atoms with E-state index in [2.05, 4.69) is 4.72 Å². The number of nitrogens with zero attached hydrogens (tertiary/aromatic N) is 2. The third-order valence-corrected chi connectivity index (χ3v) is 6.35. The summed E-state index contributed by atoms with van der Waals surface area (Å²) in [5.41, 5.74) is 2.17. The summed E-state index contributed by atoms with van der Waals surface area (Å²) < 4.78 is 40.9. The maximum Gasteiger partial charge on any atom is 0.232 e. The van der Waals surface area contributed by atoms with Crippen LogP contribution in [0.15, 0.2) is 42.5 Å². The number of rotatable bonds is 9. The molecule has 0 saturated carbocycles. The Balaban J connectivity index is 2.45. The zero-order valence-electron chi connectivity index (χ0n) is 19.8. The smallest absolute Gasteiger partial charge is 0.232 e. The van der Waals surface area contributed by atoms with Crippen molar-refractivity contribution in [3.8, 4) is 0 Å². The summed E-state index contributed by atoms with van der Waals surface area (Å²) >= 11 is 0. The molecule has 1 amide bonds. The van der Waals surface area contributed by atoms with Gasteiger partial charge in [-0.3, -0.25) is 9.52 Å². The molecule has 0 saturated heterocycles. The van der Waals surface area contributed by atoms with Gasteiger partial charge in [-0.15, -0.1) is 0 Å². The van der Waals surface area contributed by atoms with Gasteiger partial charge in [0.1, 0.15) is 5.82 Å². The highest BCUT2D eigenvalue weighted by Crippen LogP contribution is 2.28. The third-order valence-electron chi connectivity index (χ3n) is 4.86. The Kier molecular flexibility index (Phi) is 8.29. The molecule has 6 nitrogen and oxygen atoms in total. The minimum Gasteiger partial charge on any atom is -0.377 e. The van der Waals surface area contributed by atoms with Crippen LogP contribution in [0.4, 0.5) is 15.8 Å². The molecule has 0 bridgehead atoms. The van der Waals surface area contributed by atoms with Crippen molar-refractivity contribution >= 4 is 27.3 Å². The lowest BCUT2D eigenvalue weighted by molar-refractivity contribution is -0.140. The number of halogens is 1. The van der Waals surface area contributed by atoms with Crippen LogP contribution in [0.5, 0.6) is 0 Å². The number of benzene rings is 2. The number of anilines is 2. The first kappa shape index (κ1) is 25.6. The van der Waals surface area contributed by atoms with Crippen molar-refractivity contribution in [3.63, 3.8) is 0 Å². The van der Waals surface area contributed by atoms with Gasteiger partial charge in [0.25, 0.3) is 0 Å². The van der Waals surface area contributed by atoms with Gasteiger partial charge in [0.2, 0.25) is 15.9 Å². The van der Waals surface area contributed by atoms with Crippen LogP contribution >= 0.6 is 0 Å². The van der Waals surface area contributed by atoms with Crippen LogP contribution in [-0.4, -0.2) is 39.1 Å². The molecule has 32 heavy (non-hydrogen) atoms. The lowest BCUT2D eigenvalue weighted by Crippen LogP contribution is -2.39. The Labute approximate surface area is 191 Å². The van der Waals surface area contributed by atoms with Crippen LogP contribution in [-0.2, 0) is 27.9 Å². The van der Waals surface area contributed by atoms with Gasteiger partial charge < -0.3 is 9.80 Å². The van der Waals surface area contributed by atoms with E-state index in [-0.39, 0.29) is 30.6 Å². The molecule has 0 radical (unpaired) electrons. The lowest BCUT2D eigenvalue weighted by Gasteiger charge is -2.31. The summed E-state index contributed by atoms with van der Waals surface area (Å²) in [6, 6.07) is 11.5. The molecule has 176 valence electrons. The predicted molar refractivity (Wildman–Crippen MR) is 129 cm³/mol. The third kappa shape index (κ3) is 7.22. The fourth-order valence-corrected chi connectivity index (χ4v) is 4.57. The van der Waals surface area contributed by atoms with Gasteiger partial charge in [0.15, 0.2) is 0 Å². The van der Waals surface area contributed by atoms with Gasteiger partial charge in [-0.1, -0.05) is 39.8 Å². The van der Waals surface area contributed by atoms with E-state index in [0.29, 0.717) is 17.7 Å². The molecule has 2 rings (SSSR count). The maximum atomic E-state index is 13.7. The molecular formula is C24H34FN3O3S. The molecule has 0 aliphatic rings. The first-order valence-electron chi connectivity index (χ1n) is 10.7. The molecular weight excluding hydrogens is 429 g/mol. The molecule has 0 atom stereocenters. The zero-order chi connectivity index (χ0) is 24.1.